The molecule has 0 spiro atoms. The number of benzene rings is 1. The van der Waals surface area contributed by atoms with E-state index in [1.807, 2.05) is 25.1 Å². The van der Waals surface area contributed by atoms with E-state index in [2.05, 4.69) is 6.92 Å². The second-order valence-electron chi connectivity index (χ2n) is 5.66. The third-order valence-electron chi connectivity index (χ3n) is 3.67. The lowest BCUT2D eigenvalue weighted by molar-refractivity contribution is -0.128. The predicted molar refractivity (Wildman–Crippen MR) is 99.5 cm³/mol. The molecule has 0 fully saturated rings. The van der Waals surface area contributed by atoms with Gasteiger partial charge in [-0.2, -0.15) is 0 Å². The van der Waals surface area contributed by atoms with E-state index in [9.17, 15) is 14.7 Å². The summed E-state index contributed by atoms with van der Waals surface area (Å²) in [7, 11) is 0. The lowest BCUT2D eigenvalue weighted by Gasteiger charge is -2.17. The van der Waals surface area contributed by atoms with E-state index >= 15 is 0 Å². The van der Waals surface area contributed by atoms with Crippen molar-refractivity contribution in [3.05, 3.63) is 65.3 Å². The van der Waals surface area contributed by atoms with Crippen molar-refractivity contribution in [2.24, 2.45) is 0 Å². The molecule has 0 saturated carbocycles. The van der Waals surface area contributed by atoms with Crippen molar-refractivity contribution in [3.8, 4) is 5.75 Å². The van der Waals surface area contributed by atoms with Crippen molar-refractivity contribution in [2.45, 2.75) is 46.3 Å². The highest BCUT2D eigenvalue weighted by atomic mass is 16.5. The van der Waals surface area contributed by atoms with Crippen molar-refractivity contribution in [1.82, 2.24) is 0 Å². The molecule has 0 aliphatic carbocycles. The Morgan fingerprint density at radius 3 is 2.64 bits per heavy atom. The second kappa shape index (κ2) is 11.2. The Bertz CT molecular complexity index is 668. The number of hydrogen-bond donors (Lipinski definition) is 1. The van der Waals surface area contributed by atoms with E-state index in [0.717, 1.165) is 18.4 Å². The van der Waals surface area contributed by atoms with Crippen molar-refractivity contribution in [3.63, 3.8) is 0 Å². The number of ether oxygens (including phenoxy) is 1. The van der Waals surface area contributed by atoms with Crippen LogP contribution in [-0.2, 0) is 27.4 Å². The molecule has 1 N–H and O–H groups in total. The van der Waals surface area contributed by atoms with Crippen LogP contribution in [0.4, 0.5) is 0 Å². The molecule has 134 valence electrons. The number of aryl methyl sites for hydroxylation is 1. The molecule has 1 aromatic carbocycles. The first kappa shape index (κ1) is 20.6. The zero-order chi connectivity index (χ0) is 18.7. The summed E-state index contributed by atoms with van der Waals surface area (Å²) in [6, 6.07) is 5.31. The van der Waals surface area contributed by atoms with Crippen LogP contribution in [0.5, 0.6) is 5.75 Å². The van der Waals surface area contributed by atoms with E-state index < -0.39 is 6.10 Å². The van der Waals surface area contributed by atoms with Crippen LogP contribution >= 0.6 is 0 Å². The highest BCUT2D eigenvalue weighted by Gasteiger charge is 2.21. The number of phenols is 1. The molecule has 0 unspecified atom stereocenters. The van der Waals surface area contributed by atoms with Crippen LogP contribution in [0.3, 0.4) is 0 Å². The number of hydrogen-bond acceptors (Lipinski definition) is 4. The number of allylic oxidation sites excluding steroid dienone is 5. The molecule has 25 heavy (non-hydrogen) atoms. The van der Waals surface area contributed by atoms with E-state index in [1.54, 1.807) is 30.4 Å². The van der Waals surface area contributed by atoms with Gasteiger partial charge in [-0.1, -0.05) is 55.9 Å². The number of aromatic hydroxyl groups is 1. The number of phenolic OH excluding ortho intramolecular Hbond substituents is 1. The minimum absolute atomic E-state index is 0.0655. The molecule has 0 aliphatic rings. The Kier molecular flexibility index (Phi) is 9.19. The maximum atomic E-state index is 11.9. The number of carbonyl (C=O) groups excluding carboxylic acids is 2. The van der Waals surface area contributed by atoms with Gasteiger partial charge in [0.15, 0.2) is 5.78 Å². The summed E-state index contributed by atoms with van der Waals surface area (Å²) < 4.78 is 5.71. The van der Waals surface area contributed by atoms with E-state index in [-0.39, 0.29) is 23.7 Å². The average molecular weight is 342 g/mol. The van der Waals surface area contributed by atoms with Crippen molar-refractivity contribution >= 4 is 12.1 Å². The molecule has 1 atom stereocenters. The Morgan fingerprint density at radius 2 is 2.04 bits per heavy atom. The van der Waals surface area contributed by atoms with Gasteiger partial charge >= 0.3 is 0 Å². The highest BCUT2D eigenvalue weighted by molar-refractivity contribution is 5.92. The average Bonchev–Trinajstić information content (AvgIpc) is 2.58. The van der Waals surface area contributed by atoms with Crippen LogP contribution in [0.1, 0.15) is 38.3 Å². The van der Waals surface area contributed by atoms with E-state index in [0.29, 0.717) is 11.8 Å². The lowest BCUT2D eigenvalue weighted by atomic mass is 10.0. The minimum atomic E-state index is -0.957. The van der Waals surface area contributed by atoms with Gasteiger partial charge in [-0.25, -0.2) is 0 Å². The van der Waals surface area contributed by atoms with Gasteiger partial charge in [-0.3, -0.25) is 9.59 Å². The molecular formula is C21H26O4. The molecule has 1 aromatic rings. The number of Topliss-reactive ketones (excluding diaryl/α,β-unsaturated/α-hetero) is 1. The normalized spacial score (nSPS) is 13.5. The summed E-state index contributed by atoms with van der Waals surface area (Å²) in [5.74, 6) is -0.122. The topological polar surface area (TPSA) is 63.6 Å². The molecular weight excluding hydrogens is 316 g/mol. The quantitative estimate of drug-likeness (QED) is 0.395. The maximum Gasteiger partial charge on any atom is 0.163 e. The lowest BCUT2D eigenvalue weighted by Crippen LogP contribution is -2.25. The number of aldehydes is 1. The Balaban J connectivity index is 3.00. The molecule has 0 bridgehead atoms. The molecule has 0 saturated heterocycles. The SMILES string of the molecule is C/C=C/C=C/C=C(/C=O)[C@@H](OCc1c(O)cccc1CCC)C(C)=O. The summed E-state index contributed by atoms with van der Waals surface area (Å²) in [4.78, 5) is 23.3. The first-order valence-electron chi connectivity index (χ1n) is 8.41. The highest BCUT2D eigenvalue weighted by Crippen LogP contribution is 2.24. The number of ketones is 1. The Hall–Kier alpha value is -2.46. The van der Waals surface area contributed by atoms with Gasteiger partial charge in [0, 0.05) is 11.1 Å². The molecule has 1 rings (SSSR count). The molecule has 4 nitrogen and oxygen atoms in total. The van der Waals surface area contributed by atoms with Gasteiger partial charge in [-0.05, 0) is 31.9 Å². The van der Waals surface area contributed by atoms with Gasteiger partial charge in [0.1, 0.15) is 18.1 Å². The summed E-state index contributed by atoms with van der Waals surface area (Å²) >= 11 is 0. The van der Waals surface area contributed by atoms with Crippen LogP contribution in [0.15, 0.2) is 54.2 Å². The molecule has 0 heterocycles. The predicted octanol–water partition coefficient (Wildman–Crippen LogP) is 4.08. The third kappa shape index (κ3) is 6.51. The Labute approximate surface area is 149 Å². The molecule has 0 radical (unpaired) electrons. The van der Waals surface area contributed by atoms with E-state index in [4.69, 9.17) is 4.74 Å². The van der Waals surface area contributed by atoms with Crippen molar-refractivity contribution in [2.75, 3.05) is 0 Å². The third-order valence-corrected chi connectivity index (χ3v) is 3.67. The fraction of sp³-hybridized carbons (Fsp3) is 0.333. The van der Waals surface area contributed by atoms with Gasteiger partial charge in [0.2, 0.25) is 0 Å². The number of rotatable bonds is 10. The van der Waals surface area contributed by atoms with Crippen LogP contribution in [-0.4, -0.2) is 23.3 Å². The minimum Gasteiger partial charge on any atom is -0.508 e. The summed E-state index contributed by atoms with van der Waals surface area (Å²) in [5.41, 5.74) is 1.89. The van der Waals surface area contributed by atoms with E-state index in [1.165, 1.54) is 6.92 Å². The van der Waals surface area contributed by atoms with Crippen LogP contribution in [0.25, 0.3) is 0 Å². The fourth-order valence-electron chi connectivity index (χ4n) is 2.44. The van der Waals surface area contributed by atoms with Gasteiger partial charge in [0.25, 0.3) is 0 Å². The van der Waals surface area contributed by atoms with Crippen LogP contribution in [0.2, 0.25) is 0 Å². The number of carbonyl (C=O) groups is 2. The fourth-order valence-corrected chi connectivity index (χ4v) is 2.44. The zero-order valence-corrected chi connectivity index (χ0v) is 15.1. The molecule has 0 aliphatic heterocycles. The maximum absolute atomic E-state index is 11.9. The first-order valence-corrected chi connectivity index (χ1v) is 8.41. The summed E-state index contributed by atoms with van der Waals surface area (Å²) in [6.45, 7) is 5.39. The Morgan fingerprint density at radius 1 is 1.28 bits per heavy atom. The zero-order valence-electron chi connectivity index (χ0n) is 15.1. The molecule has 0 aromatic heterocycles. The van der Waals surface area contributed by atoms with Gasteiger partial charge in [0.05, 0.1) is 6.61 Å². The second-order valence-corrected chi connectivity index (χ2v) is 5.66. The van der Waals surface area contributed by atoms with Gasteiger partial charge < -0.3 is 9.84 Å². The van der Waals surface area contributed by atoms with Crippen LogP contribution in [0, 0.1) is 0 Å². The van der Waals surface area contributed by atoms with Crippen LogP contribution < -0.4 is 0 Å². The van der Waals surface area contributed by atoms with Crippen molar-refractivity contribution in [1.29, 1.82) is 0 Å². The molecule has 4 heteroatoms. The standard InChI is InChI=1S/C21H26O4/c1-4-6-7-8-11-18(14-22)21(16(3)23)25-15-19-17(10-5-2)12-9-13-20(19)24/h4,6-9,11-14,21,24H,5,10,15H2,1-3H3/b6-4+,8-7+,18-11-/t21-/m0/s1. The monoisotopic (exact) mass is 342 g/mol. The molecule has 0 amide bonds. The van der Waals surface area contributed by atoms with Gasteiger partial charge in [-0.15, -0.1) is 0 Å². The smallest absolute Gasteiger partial charge is 0.163 e. The largest absolute Gasteiger partial charge is 0.508 e. The first-order chi connectivity index (χ1) is 12.0. The summed E-state index contributed by atoms with van der Waals surface area (Å²) in [6.07, 6.45) is 10.1. The summed E-state index contributed by atoms with van der Waals surface area (Å²) in [5, 5.41) is 10.1. The van der Waals surface area contributed by atoms with Crippen molar-refractivity contribution < 1.29 is 19.4 Å².